The van der Waals surface area contributed by atoms with Crippen molar-refractivity contribution in [2.24, 2.45) is 28.1 Å². The molecule has 0 rings (SSSR count). The van der Waals surface area contributed by atoms with Gasteiger partial charge in [-0.2, -0.15) is 0 Å². The molecular weight excluding hydrogens is 228 g/mol. The van der Waals surface area contributed by atoms with Crippen molar-refractivity contribution >= 4 is 0 Å². The van der Waals surface area contributed by atoms with Crippen LogP contribution < -0.4 is 0 Å². The highest BCUT2D eigenvalue weighted by molar-refractivity contribution is 5.08. The zero-order valence-electron chi connectivity index (χ0n) is 15.3. The molecule has 0 N–H and O–H groups in total. The van der Waals surface area contributed by atoms with Gasteiger partial charge in [0.05, 0.1) is 0 Å². The molecule has 19 heavy (non-hydrogen) atoms. The van der Waals surface area contributed by atoms with Gasteiger partial charge < -0.3 is 0 Å². The first-order valence-corrected chi connectivity index (χ1v) is 7.99. The van der Waals surface area contributed by atoms with E-state index in [4.69, 9.17) is 0 Å². The fraction of sp³-hybridized carbons (Fsp3) is 0.895. The Morgan fingerprint density at radius 2 is 1.42 bits per heavy atom. The molecular formula is C19H38. The van der Waals surface area contributed by atoms with E-state index in [0.717, 1.165) is 0 Å². The minimum Gasteiger partial charge on any atom is -0.0996 e. The third-order valence-electron chi connectivity index (χ3n) is 6.80. The van der Waals surface area contributed by atoms with E-state index in [2.05, 4.69) is 75.8 Å². The van der Waals surface area contributed by atoms with Crippen molar-refractivity contribution in [2.45, 2.75) is 82.1 Å². The summed E-state index contributed by atoms with van der Waals surface area (Å²) in [5, 5.41) is 0. The van der Waals surface area contributed by atoms with Gasteiger partial charge >= 0.3 is 0 Å². The molecule has 2 atom stereocenters. The van der Waals surface area contributed by atoms with Crippen molar-refractivity contribution in [3.63, 3.8) is 0 Å². The fourth-order valence-corrected chi connectivity index (χ4v) is 3.11. The average Bonchev–Trinajstić information content (AvgIpc) is 2.26. The summed E-state index contributed by atoms with van der Waals surface area (Å²) in [5.41, 5.74) is 2.29. The summed E-state index contributed by atoms with van der Waals surface area (Å²) < 4.78 is 0. The van der Waals surface area contributed by atoms with Gasteiger partial charge in [-0.1, -0.05) is 74.5 Å². The average molecular weight is 267 g/mol. The second kappa shape index (κ2) is 6.02. The highest BCUT2D eigenvalue weighted by Gasteiger charge is 2.43. The highest BCUT2D eigenvalue weighted by Crippen LogP contribution is 2.52. The molecule has 0 aromatic heterocycles. The summed E-state index contributed by atoms with van der Waals surface area (Å²) in [5.74, 6) is 1.37. The first kappa shape index (κ1) is 18.7. The van der Waals surface area contributed by atoms with E-state index in [0.29, 0.717) is 22.7 Å². The number of rotatable bonds is 7. The van der Waals surface area contributed by atoms with Crippen molar-refractivity contribution in [1.29, 1.82) is 0 Å². The van der Waals surface area contributed by atoms with Gasteiger partial charge in [0.1, 0.15) is 0 Å². The van der Waals surface area contributed by atoms with Crippen LogP contribution in [0.15, 0.2) is 12.2 Å². The topological polar surface area (TPSA) is 0 Å². The molecule has 2 unspecified atom stereocenters. The van der Waals surface area contributed by atoms with E-state index in [-0.39, 0.29) is 5.41 Å². The predicted molar refractivity (Wildman–Crippen MR) is 89.4 cm³/mol. The molecule has 0 aliphatic heterocycles. The van der Waals surface area contributed by atoms with E-state index >= 15 is 0 Å². The summed E-state index contributed by atoms with van der Waals surface area (Å²) >= 11 is 0. The molecule has 0 bridgehead atoms. The Labute approximate surface area is 123 Å². The zero-order valence-corrected chi connectivity index (χ0v) is 15.3. The fourth-order valence-electron chi connectivity index (χ4n) is 3.11. The molecule has 0 saturated carbocycles. The van der Waals surface area contributed by atoms with Crippen LogP contribution in [0.5, 0.6) is 0 Å². The van der Waals surface area contributed by atoms with Gasteiger partial charge in [0, 0.05) is 0 Å². The first-order chi connectivity index (χ1) is 8.33. The maximum absolute atomic E-state index is 4.25. The van der Waals surface area contributed by atoms with Gasteiger partial charge in [0.25, 0.3) is 0 Å². The molecule has 0 heteroatoms. The molecule has 0 aliphatic carbocycles. The smallest absolute Gasteiger partial charge is 0.00986 e. The normalized spacial score (nSPS) is 18.3. The molecule has 0 fully saturated rings. The van der Waals surface area contributed by atoms with Crippen LogP contribution >= 0.6 is 0 Å². The maximum atomic E-state index is 4.25. The standard InChI is InChI=1S/C19H38/c1-12-19(11,15(4)5)16(6)13-17(7,8)18(9,10)14(2)3/h14,16H,4,12-13H2,1-3,5-11H3. The van der Waals surface area contributed by atoms with Gasteiger partial charge in [0.15, 0.2) is 0 Å². The monoisotopic (exact) mass is 266 g/mol. The third kappa shape index (κ3) is 3.64. The molecule has 0 radical (unpaired) electrons. The van der Waals surface area contributed by atoms with Crippen molar-refractivity contribution in [2.75, 3.05) is 0 Å². The van der Waals surface area contributed by atoms with Gasteiger partial charge in [-0.3, -0.25) is 0 Å². The lowest BCUT2D eigenvalue weighted by atomic mass is 9.56. The quantitative estimate of drug-likeness (QED) is 0.449. The Bertz CT molecular complexity index is 306. The van der Waals surface area contributed by atoms with Crippen LogP contribution in [0.3, 0.4) is 0 Å². The Hall–Kier alpha value is -0.260. The maximum Gasteiger partial charge on any atom is -0.00986 e. The van der Waals surface area contributed by atoms with Gasteiger partial charge in [0.2, 0.25) is 0 Å². The van der Waals surface area contributed by atoms with Crippen molar-refractivity contribution < 1.29 is 0 Å². The largest absolute Gasteiger partial charge is 0.0996 e. The first-order valence-electron chi connectivity index (χ1n) is 7.99. The Morgan fingerprint density at radius 1 is 1.00 bits per heavy atom. The Kier molecular flexibility index (Phi) is 5.94. The lowest BCUT2D eigenvalue weighted by molar-refractivity contribution is 0.0164. The van der Waals surface area contributed by atoms with Crippen molar-refractivity contribution in [3.05, 3.63) is 12.2 Å². The summed E-state index contributed by atoms with van der Waals surface area (Å²) in [6.45, 7) is 28.0. The molecule has 0 amide bonds. The lowest BCUT2D eigenvalue weighted by Gasteiger charge is -2.49. The molecule has 0 saturated heterocycles. The molecule has 114 valence electrons. The van der Waals surface area contributed by atoms with E-state index in [9.17, 15) is 0 Å². The van der Waals surface area contributed by atoms with E-state index in [1.54, 1.807) is 0 Å². The van der Waals surface area contributed by atoms with Crippen LogP contribution in [0.25, 0.3) is 0 Å². The summed E-state index contributed by atoms with van der Waals surface area (Å²) in [4.78, 5) is 0. The molecule has 0 spiro atoms. The van der Waals surface area contributed by atoms with Crippen molar-refractivity contribution in [3.8, 4) is 0 Å². The minimum absolute atomic E-state index is 0.268. The Balaban J connectivity index is 5.19. The van der Waals surface area contributed by atoms with E-state index in [1.807, 2.05) is 0 Å². The van der Waals surface area contributed by atoms with E-state index < -0.39 is 0 Å². The molecule has 0 aliphatic rings. The molecule has 0 heterocycles. The minimum atomic E-state index is 0.268. The molecule has 0 aromatic carbocycles. The second-order valence-corrected chi connectivity index (χ2v) is 8.42. The van der Waals surface area contributed by atoms with Crippen LogP contribution in [0.1, 0.15) is 82.1 Å². The van der Waals surface area contributed by atoms with Crippen LogP contribution in [-0.4, -0.2) is 0 Å². The predicted octanol–water partition coefficient (Wildman–Crippen LogP) is 6.71. The summed E-state index contributed by atoms with van der Waals surface area (Å²) in [7, 11) is 0. The Morgan fingerprint density at radius 3 is 1.68 bits per heavy atom. The zero-order chi connectivity index (χ0) is 15.6. The molecule has 0 nitrogen and oxygen atoms in total. The van der Waals surface area contributed by atoms with Gasteiger partial charge in [-0.15, -0.1) is 0 Å². The highest BCUT2D eigenvalue weighted by atomic mass is 14.5. The van der Waals surface area contributed by atoms with Gasteiger partial charge in [-0.05, 0) is 47.8 Å². The van der Waals surface area contributed by atoms with Crippen LogP contribution in [-0.2, 0) is 0 Å². The number of hydrogen-bond donors (Lipinski definition) is 0. The van der Waals surface area contributed by atoms with E-state index in [1.165, 1.54) is 18.4 Å². The van der Waals surface area contributed by atoms with Crippen molar-refractivity contribution in [1.82, 2.24) is 0 Å². The summed E-state index contributed by atoms with van der Waals surface area (Å²) in [6, 6.07) is 0. The van der Waals surface area contributed by atoms with Crippen LogP contribution in [0.2, 0.25) is 0 Å². The van der Waals surface area contributed by atoms with Crippen LogP contribution in [0.4, 0.5) is 0 Å². The number of allylic oxidation sites excluding steroid dienone is 1. The molecule has 0 aromatic rings. The SMILES string of the molecule is C=C(C)C(C)(CC)C(C)CC(C)(C)C(C)(C)C(C)C. The van der Waals surface area contributed by atoms with Crippen LogP contribution in [0, 0.1) is 28.1 Å². The lowest BCUT2D eigenvalue weighted by Crippen LogP contribution is -2.40. The second-order valence-electron chi connectivity index (χ2n) is 8.42. The number of hydrogen-bond acceptors (Lipinski definition) is 0. The summed E-state index contributed by atoms with van der Waals surface area (Å²) in [6.07, 6.45) is 2.44. The third-order valence-corrected chi connectivity index (χ3v) is 6.80. The van der Waals surface area contributed by atoms with Gasteiger partial charge in [-0.25, -0.2) is 0 Å².